The van der Waals surface area contributed by atoms with E-state index in [2.05, 4.69) is 15.5 Å². The Bertz CT molecular complexity index is 1070. The normalized spacial score (nSPS) is 11.0. The van der Waals surface area contributed by atoms with Crippen molar-refractivity contribution in [2.45, 2.75) is 12.8 Å². The number of benzene rings is 2. The summed E-state index contributed by atoms with van der Waals surface area (Å²) in [5.41, 5.74) is 0.834. The van der Waals surface area contributed by atoms with Crippen LogP contribution in [0.4, 0.5) is 0 Å². The minimum absolute atomic E-state index is 0.00615. The van der Waals surface area contributed by atoms with Crippen LogP contribution in [0.3, 0.4) is 0 Å². The number of fused-ring (bicyclic) bond motifs is 2. The third-order valence-corrected chi connectivity index (χ3v) is 4.37. The molecule has 2 heterocycles. The minimum Gasteiger partial charge on any atom is -0.484 e. The summed E-state index contributed by atoms with van der Waals surface area (Å²) in [5, 5.41) is 13.4. The van der Waals surface area contributed by atoms with Gasteiger partial charge in [0, 0.05) is 19.2 Å². The zero-order valence-electron chi connectivity index (χ0n) is 14.8. The topological polar surface area (TPSA) is 68.5 Å². The van der Waals surface area contributed by atoms with Crippen LogP contribution in [0.2, 0.25) is 0 Å². The van der Waals surface area contributed by atoms with Crippen LogP contribution < -0.4 is 10.1 Å². The van der Waals surface area contributed by atoms with Gasteiger partial charge >= 0.3 is 0 Å². The van der Waals surface area contributed by atoms with E-state index in [1.807, 2.05) is 71.3 Å². The lowest BCUT2D eigenvalue weighted by atomic mass is 10.1. The second-order valence-corrected chi connectivity index (χ2v) is 6.30. The first-order valence-corrected chi connectivity index (χ1v) is 8.96. The molecule has 0 unspecified atom stereocenters. The molecule has 0 fully saturated rings. The number of amides is 1. The molecule has 0 atom stereocenters. The highest BCUT2D eigenvalue weighted by Crippen LogP contribution is 2.20. The Morgan fingerprint density at radius 2 is 1.85 bits per heavy atom. The number of pyridine rings is 1. The SMILES string of the molecule is O=C(COc1ccc2ccccc2c1)NCCCc1nnc2ccccn12. The van der Waals surface area contributed by atoms with Crippen molar-refractivity contribution in [1.29, 1.82) is 0 Å². The van der Waals surface area contributed by atoms with Gasteiger partial charge in [0.05, 0.1) is 0 Å². The van der Waals surface area contributed by atoms with E-state index in [4.69, 9.17) is 4.74 Å². The Hall–Kier alpha value is -3.41. The molecular weight excluding hydrogens is 340 g/mol. The van der Waals surface area contributed by atoms with Crippen LogP contribution in [0.5, 0.6) is 5.75 Å². The maximum absolute atomic E-state index is 12.0. The lowest BCUT2D eigenvalue weighted by molar-refractivity contribution is -0.123. The van der Waals surface area contributed by atoms with E-state index in [9.17, 15) is 4.79 Å². The Kier molecular flexibility index (Phi) is 4.96. The minimum atomic E-state index is -0.130. The molecule has 1 N–H and O–H groups in total. The average molecular weight is 360 g/mol. The van der Waals surface area contributed by atoms with Crippen molar-refractivity contribution in [3.05, 3.63) is 72.7 Å². The number of carbonyl (C=O) groups is 1. The number of aromatic nitrogens is 3. The van der Waals surface area contributed by atoms with Crippen molar-refractivity contribution in [1.82, 2.24) is 19.9 Å². The number of hydrogen-bond donors (Lipinski definition) is 1. The van der Waals surface area contributed by atoms with Gasteiger partial charge in [0.2, 0.25) is 0 Å². The van der Waals surface area contributed by atoms with E-state index < -0.39 is 0 Å². The molecule has 4 rings (SSSR count). The molecule has 0 aliphatic heterocycles. The molecule has 0 radical (unpaired) electrons. The summed E-state index contributed by atoms with van der Waals surface area (Å²) in [6.45, 7) is 0.577. The molecule has 0 saturated carbocycles. The van der Waals surface area contributed by atoms with Gasteiger partial charge in [-0.2, -0.15) is 0 Å². The lowest BCUT2D eigenvalue weighted by Gasteiger charge is -2.08. The Labute approximate surface area is 156 Å². The molecule has 2 aromatic carbocycles. The molecule has 6 nitrogen and oxygen atoms in total. The van der Waals surface area contributed by atoms with Crippen LogP contribution in [-0.2, 0) is 11.2 Å². The molecule has 4 aromatic rings. The smallest absolute Gasteiger partial charge is 0.257 e. The molecule has 2 aromatic heterocycles. The summed E-state index contributed by atoms with van der Waals surface area (Å²) in [7, 11) is 0. The zero-order valence-corrected chi connectivity index (χ0v) is 14.8. The van der Waals surface area contributed by atoms with Gasteiger partial charge < -0.3 is 10.1 Å². The van der Waals surface area contributed by atoms with Gasteiger partial charge in [-0.15, -0.1) is 10.2 Å². The Morgan fingerprint density at radius 3 is 2.78 bits per heavy atom. The van der Waals surface area contributed by atoms with Gasteiger partial charge in [-0.05, 0) is 41.5 Å². The van der Waals surface area contributed by atoms with Crippen LogP contribution in [-0.4, -0.2) is 33.7 Å². The number of rotatable bonds is 7. The summed E-state index contributed by atoms with van der Waals surface area (Å²) in [4.78, 5) is 12.0. The predicted octanol–water partition coefficient (Wildman–Crippen LogP) is 3.01. The zero-order chi connectivity index (χ0) is 18.5. The van der Waals surface area contributed by atoms with Crippen molar-refractivity contribution in [3.8, 4) is 5.75 Å². The largest absolute Gasteiger partial charge is 0.484 e. The number of hydrogen-bond acceptors (Lipinski definition) is 4. The van der Waals surface area contributed by atoms with Gasteiger partial charge in [-0.3, -0.25) is 9.20 Å². The van der Waals surface area contributed by atoms with E-state index in [1.165, 1.54) is 0 Å². The number of aryl methyl sites for hydroxylation is 1. The first-order valence-electron chi connectivity index (χ1n) is 8.96. The van der Waals surface area contributed by atoms with Gasteiger partial charge in [-0.1, -0.05) is 36.4 Å². The molecule has 0 saturated heterocycles. The maximum atomic E-state index is 12.0. The Balaban J connectivity index is 1.22. The molecule has 1 amide bonds. The molecule has 6 heteroatoms. The highest BCUT2D eigenvalue weighted by atomic mass is 16.5. The van der Waals surface area contributed by atoms with Crippen LogP contribution in [0, 0.1) is 0 Å². The number of nitrogens with zero attached hydrogens (tertiary/aromatic N) is 3. The summed E-state index contributed by atoms with van der Waals surface area (Å²) in [5.74, 6) is 1.46. The fourth-order valence-corrected chi connectivity index (χ4v) is 2.99. The second-order valence-electron chi connectivity index (χ2n) is 6.30. The van der Waals surface area contributed by atoms with Crippen molar-refractivity contribution in [3.63, 3.8) is 0 Å². The van der Waals surface area contributed by atoms with Gasteiger partial charge in [0.1, 0.15) is 11.6 Å². The Morgan fingerprint density at radius 1 is 1.00 bits per heavy atom. The maximum Gasteiger partial charge on any atom is 0.257 e. The summed E-state index contributed by atoms with van der Waals surface area (Å²) < 4.78 is 7.56. The third kappa shape index (κ3) is 4.06. The van der Waals surface area contributed by atoms with Crippen molar-refractivity contribution in [2.75, 3.05) is 13.2 Å². The molecule has 0 spiro atoms. The van der Waals surface area contributed by atoms with E-state index >= 15 is 0 Å². The lowest BCUT2D eigenvalue weighted by Crippen LogP contribution is -2.30. The van der Waals surface area contributed by atoms with Gasteiger partial charge in [0.25, 0.3) is 5.91 Å². The average Bonchev–Trinajstić information content (AvgIpc) is 3.13. The molecule has 0 aliphatic carbocycles. The molecule has 27 heavy (non-hydrogen) atoms. The van der Waals surface area contributed by atoms with E-state index in [-0.39, 0.29) is 12.5 Å². The summed E-state index contributed by atoms with van der Waals surface area (Å²) in [6, 6.07) is 19.7. The summed E-state index contributed by atoms with van der Waals surface area (Å²) >= 11 is 0. The van der Waals surface area contributed by atoms with Crippen LogP contribution in [0.1, 0.15) is 12.2 Å². The van der Waals surface area contributed by atoms with E-state index in [0.717, 1.165) is 35.1 Å². The van der Waals surface area contributed by atoms with Gasteiger partial charge in [0.15, 0.2) is 12.3 Å². The first kappa shape index (κ1) is 17.0. The quantitative estimate of drug-likeness (QED) is 0.515. The number of ether oxygens (including phenoxy) is 1. The van der Waals surface area contributed by atoms with Crippen molar-refractivity contribution in [2.24, 2.45) is 0 Å². The second kappa shape index (κ2) is 7.86. The number of nitrogens with one attached hydrogen (secondary N) is 1. The van der Waals surface area contributed by atoms with Crippen LogP contribution >= 0.6 is 0 Å². The predicted molar refractivity (Wildman–Crippen MR) is 104 cm³/mol. The standard InChI is InChI=1S/C21H20N4O2/c26-21(15-27-18-11-10-16-6-1-2-7-17(16)14-18)22-12-5-9-20-24-23-19-8-3-4-13-25(19)20/h1-4,6-8,10-11,13-14H,5,9,12,15H2,(H,22,26). The van der Waals surface area contributed by atoms with Crippen molar-refractivity contribution < 1.29 is 9.53 Å². The molecule has 0 bridgehead atoms. The highest BCUT2D eigenvalue weighted by Gasteiger charge is 2.06. The summed E-state index contributed by atoms with van der Waals surface area (Å²) in [6.07, 6.45) is 3.48. The van der Waals surface area contributed by atoms with Crippen molar-refractivity contribution >= 4 is 22.3 Å². The highest BCUT2D eigenvalue weighted by molar-refractivity contribution is 5.84. The first-order chi connectivity index (χ1) is 13.3. The molecular formula is C21H20N4O2. The van der Waals surface area contributed by atoms with Crippen LogP contribution in [0.25, 0.3) is 16.4 Å². The van der Waals surface area contributed by atoms with E-state index in [1.54, 1.807) is 0 Å². The fraction of sp³-hybridized carbons (Fsp3) is 0.190. The monoisotopic (exact) mass is 360 g/mol. The fourth-order valence-electron chi connectivity index (χ4n) is 2.99. The van der Waals surface area contributed by atoms with Crippen LogP contribution in [0.15, 0.2) is 66.9 Å². The molecule has 136 valence electrons. The molecule has 0 aliphatic rings. The third-order valence-electron chi connectivity index (χ3n) is 4.37. The van der Waals surface area contributed by atoms with Gasteiger partial charge in [-0.25, -0.2) is 0 Å². The number of carbonyl (C=O) groups excluding carboxylic acids is 1. The van der Waals surface area contributed by atoms with E-state index in [0.29, 0.717) is 12.3 Å².